The maximum Gasteiger partial charge on any atom is 0.236 e. The van der Waals surface area contributed by atoms with Gasteiger partial charge in [0.15, 0.2) is 0 Å². The lowest BCUT2D eigenvalue weighted by Crippen LogP contribution is -2.46. The summed E-state index contributed by atoms with van der Waals surface area (Å²) in [4.78, 5) is 16.6. The van der Waals surface area contributed by atoms with Gasteiger partial charge in [0, 0.05) is 26.2 Å². The number of nitrogens with zero attached hydrogens (tertiary/aromatic N) is 2. The summed E-state index contributed by atoms with van der Waals surface area (Å²) in [6.45, 7) is 5.48. The fourth-order valence-corrected chi connectivity index (χ4v) is 3.35. The maximum atomic E-state index is 12.4. The smallest absolute Gasteiger partial charge is 0.236 e. The second-order valence-electron chi connectivity index (χ2n) is 6.74. The first-order chi connectivity index (χ1) is 12.2. The van der Waals surface area contributed by atoms with E-state index < -0.39 is 0 Å². The van der Waals surface area contributed by atoms with Crippen LogP contribution in [0.3, 0.4) is 0 Å². The fraction of sp³-hybridized carbons (Fsp3) is 0.550. The van der Waals surface area contributed by atoms with Crippen molar-refractivity contribution < 1.29 is 14.3 Å². The van der Waals surface area contributed by atoms with Crippen LogP contribution >= 0.6 is 0 Å². The van der Waals surface area contributed by atoms with Crippen molar-refractivity contribution in [1.29, 1.82) is 0 Å². The number of benzene rings is 1. The molecule has 0 N–H and O–H groups in total. The lowest BCUT2D eigenvalue weighted by molar-refractivity contribution is -0.134. The van der Waals surface area contributed by atoms with Gasteiger partial charge in [-0.1, -0.05) is 24.3 Å². The molecule has 0 aromatic heterocycles. The van der Waals surface area contributed by atoms with Crippen LogP contribution in [0.1, 0.15) is 18.4 Å². The third kappa shape index (κ3) is 5.31. The molecule has 2 heterocycles. The second-order valence-corrected chi connectivity index (χ2v) is 6.74. The molecule has 1 aromatic rings. The Morgan fingerprint density at radius 2 is 1.84 bits per heavy atom. The Labute approximate surface area is 150 Å². The van der Waals surface area contributed by atoms with E-state index in [1.54, 1.807) is 7.11 Å². The normalized spacial score (nSPS) is 20.1. The number of likely N-dealkylation sites (tertiary alicyclic amines) is 1. The first-order valence-electron chi connectivity index (χ1n) is 9.15. The molecule has 25 heavy (non-hydrogen) atoms. The SMILES string of the molecule is COc1ccc(/C=C/C2CCN(C(=O)CN3CCOCC3)CC2)cc1. The minimum Gasteiger partial charge on any atom is -0.497 e. The van der Waals surface area contributed by atoms with E-state index >= 15 is 0 Å². The number of allylic oxidation sites excluding steroid dienone is 1. The van der Waals surface area contributed by atoms with E-state index in [9.17, 15) is 4.79 Å². The van der Waals surface area contributed by atoms with Crippen LogP contribution < -0.4 is 4.74 Å². The topological polar surface area (TPSA) is 42.0 Å². The number of hydrogen-bond acceptors (Lipinski definition) is 4. The van der Waals surface area contributed by atoms with E-state index in [-0.39, 0.29) is 5.91 Å². The number of hydrogen-bond donors (Lipinski definition) is 0. The van der Waals surface area contributed by atoms with Gasteiger partial charge in [0.2, 0.25) is 5.91 Å². The summed E-state index contributed by atoms with van der Waals surface area (Å²) in [7, 11) is 1.68. The van der Waals surface area contributed by atoms with Gasteiger partial charge in [-0.25, -0.2) is 0 Å². The Morgan fingerprint density at radius 1 is 1.16 bits per heavy atom. The zero-order chi connectivity index (χ0) is 17.5. The van der Waals surface area contributed by atoms with Crippen LogP contribution in [0.5, 0.6) is 5.75 Å². The number of piperidine rings is 1. The summed E-state index contributed by atoms with van der Waals surface area (Å²) in [5.74, 6) is 1.69. The third-order valence-electron chi connectivity index (χ3n) is 5.03. The Kier molecular flexibility index (Phi) is 6.48. The first-order valence-corrected chi connectivity index (χ1v) is 9.15. The highest BCUT2D eigenvalue weighted by Gasteiger charge is 2.23. The van der Waals surface area contributed by atoms with Crippen molar-refractivity contribution in [2.75, 3.05) is 53.0 Å². The molecule has 2 saturated heterocycles. The van der Waals surface area contributed by atoms with Gasteiger partial charge >= 0.3 is 0 Å². The van der Waals surface area contributed by atoms with Crippen LogP contribution in [0.15, 0.2) is 30.3 Å². The van der Waals surface area contributed by atoms with Crippen molar-refractivity contribution in [1.82, 2.24) is 9.80 Å². The molecule has 0 spiro atoms. The number of ether oxygens (including phenoxy) is 2. The largest absolute Gasteiger partial charge is 0.497 e. The third-order valence-corrected chi connectivity index (χ3v) is 5.03. The molecule has 2 aliphatic heterocycles. The Bertz CT molecular complexity index is 571. The molecular formula is C20H28N2O3. The highest BCUT2D eigenvalue weighted by Crippen LogP contribution is 2.21. The van der Waals surface area contributed by atoms with Gasteiger partial charge in [0.05, 0.1) is 26.9 Å². The highest BCUT2D eigenvalue weighted by molar-refractivity contribution is 5.78. The molecule has 2 aliphatic rings. The summed E-state index contributed by atoms with van der Waals surface area (Å²) in [6.07, 6.45) is 6.55. The van der Waals surface area contributed by atoms with Gasteiger partial charge in [-0.3, -0.25) is 9.69 Å². The molecule has 136 valence electrons. The van der Waals surface area contributed by atoms with Crippen molar-refractivity contribution in [3.63, 3.8) is 0 Å². The van der Waals surface area contributed by atoms with Crippen molar-refractivity contribution >= 4 is 12.0 Å². The van der Waals surface area contributed by atoms with Crippen LogP contribution in [0.25, 0.3) is 6.08 Å². The second kappa shape index (κ2) is 9.02. The predicted octanol–water partition coefficient (Wildman–Crippen LogP) is 2.28. The predicted molar refractivity (Wildman–Crippen MR) is 98.6 cm³/mol. The summed E-state index contributed by atoms with van der Waals surface area (Å²) < 4.78 is 10.5. The molecule has 0 atom stereocenters. The van der Waals surface area contributed by atoms with E-state index in [2.05, 4.69) is 29.2 Å². The molecule has 0 saturated carbocycles. The fourth-order valence-electron chi connectivity index (χ4n) is 3.35. The molecule has 0 aliphatic carbocycles. The van der Waals surface area contributed by atoms with Crippen LogP contribution in [-0.2, 0) is 9.53 Å². The van der Waals surface area contributed by atoms with Gasteiger partial charge in [-0.05, 0) is 36.5 Å². The van der Waals surface area contributed by atoms with E-state index in [4.69, 9.17) is 9.47 Å². The van der Waals surface area contributed by atoms with Gasteiger partial charge in [-0.2, -0.15) is 0 Å². The summed E-state index contributed by atoms with van der Waals surface area (Å²) in [5, 5.41) is 0. The van der Waals surface area contributed by atoms with Gasteiger partial charge < -0.3 is 14.4 Å². The molecule has 1 amide bonds. The summed E-state index contributed by atoms with van der Waals surface area (Å²) in [6, 6.07) is 8.09. The molecule has 2 fully saturated rings. The monoisotopic (exact) mass is 344 g/mol. The number of carbonyl (C=O) groups excluding carboxylic acids is 1. The quantitative estimate of drug-likeness (QED) is 0.822. The zero-order valence-electron chi connectivity index (χ0n) is 15.0. The van der Waals surface area contributed by atoms with Gasteiger partial charge in [0.25, 0.3) is 0 Å². The average Bonchev–Trinajstić information content (AvgIpc) is 2.68. The van der Waals surface area contributed by atoms with Crippen LogP contribution in [0.2, 0.25) is 0 Å². The number of rotatable bonds is 5. The van der Waals surface area contributed by atoms with Gasteiger partial charge in [-0.15, -0.1) is 0 Å². The van der Waals surface area contributed by atoms with E-state index in [1.807, 2.05) is 17.0 Å². The number of amides is 1. The van der Waals surface area contributed by atoms with Crippen molar-refractivity contribution in [2.45, 2.75) is 12.8 Å². The van der Waals surface area contributed by atoms with Crippen molar-refractivity contribution in [2.24, 2.45) is 5.92 Å². The zero-order valence-corrected chi connectivity index (χ0v) is 15.0. The minimum atomic E-state index is 0.263. The minimum absolute atomic E-state index is 0.263. The Morgan fingerprint density at radius 3 is 2.48 bits per heavy atom. The first kappa shape index (κ1) is 18.0. The van der Waals surface area contributed by atoms with Crippen LogP contribution in [0.4, 0.5) is 0 Å². The molecule has 0 bridgehead atoms. The molecule has 0 unspecified atom stereocenters. The molecule has 5 heteroatoms. The molecule has 1 aromatic carbocycles. The van der Waals surface area contributed by atoms with Crippen molar-refractivity contribution in [3.8, 4) is 5.75 Å². The molecular weight excluding hydrogens is 316 g/mol. The standard InChI is InChI=1S/C20H28N2O3/c1-24-19-6-4-17(5-7-19)2-3-18-8-10-22(11-9-18)20(23)16-21-12-14-25-15-13-21/h2-7,18H,8-16H2,1H3/b3-2+. The average molecular weight is 344 g/mol. The lowest BCUT2D eigenvalue weighted by Gasteiger charge is -2.33. The molecule has 3 rings (SSSR count). The van der Waals surface area contributed by atoms with Crippen LogP contribution in [-0.4, -0.2) is 68.8 Å². The van der Waals surface area contributed by atoms with Gasteiger partial charge in [0.1, 0.15) is 5.75 Å². The molecule has 5 nitrogen and oxygen atoms in total. The van der Waals surface area contributed by atoms with E-state index in [0.717, 1.165) is 58.0 Å². The summed E-state index contributed by atoms with van der Waals surface area (Å²) in [5.41, 5.74) is 1.19. The Hall–Kier alpha value is -1.85. The maximum absolute atomic E-state index is 12.4. The number of morpholine rings is 1. The lowest BCUT2D eigenvalue weighted by atomic mass is 9.95. The molecule has 0 radical (unpaired) electrons. The van der Waals surface area contributed by atoms with Crippen molar-refractivity contribution in [3.05, 3.63) is 35.9 Å². The number of methoxy groups -OCH3 is 1. The van der Waals surface area contributed by atoms with E-state index in [0.29, 0.717) is 12.5 Å². The number of carbonyl (C=O) groups is 1. The van der Waals surface area contributed by atoms with Crippen LogP contribution in [0, 0.1) is 5.92 Å². The summed E-state index contributed by atoms with van der Waals surface area (Å²) >= 11 is 0. The van der Waals surface area contributed by atoms with E-state index in [1.165, 1.54) is 5.56 Å². The Balaban J connectivity index is 1.43. The highest BCUT2D eigenvalue weighted by atomic mass is 16.5.